The SMILES string of the molecule is CCOC(=O)C1C(C)=NC2=C(C(=O)CC(C)(C)C2)[C@H]1c1cc(Br)c(O)c(OC)c1. The summed E-state index contributed by atoms with van der Waals surface area (Å²) in [6, 6.07) is 3.40. The number of esters is 1. The summed E-state index contributed by atoms with van der Waals surface area (Å²) in [6.45, 7) is 7.89. The predicted molar refractivity (Wildman–Crippen MR) is 113 cm³/mol. The van der Waals surface area contributed by atoms with Crippen molar-refractivity contribution in [3.8, 4) is 11.5 Å². The normalized spacial score (nSPS) is 23.4. The minimum Gasteiger partial charge on any atom is -0.503 e. The molecule has 0 saturated carbocycles. The van der Waals surface area contributed by atoms with Crippen LogP contribution in [0.1, 0.15) is 52.0 Å². The zero-order valence-corrected chi connectivity index (χ0v) is 18.9. The van der Waals surface area contributed by atoms with Gasteiger partial charge in [0.05, 0.1) is 18.2 Å². The Morgan fingerprint density at radius 1 is 1.34 bits per heavy atom. The third-order valence-corrected chi connectivity index (χ3v) is 6.08. The molecule has 1 heterocycles. The number of hydrogen-bond donors (Lipinski definition) is 1. The van der Waals surface area contributed by atoms with Gasteiger partial charge in [-0.1, -0.05) is 13.8 Å². The fourth-order valence-electron chi connectivity index (χ4n) is 4.27. The number of benzene rings is 1. The fraction of sp³-hybridized carbons (Fsp3) is 0.500. The number of rotatable bonds is 4. The maximum Gasteiger partial charge on any atom is 0.315 e. The van der Waals surface area contributed by atoms with Crippen LogP contribution in [0.25, 0.3) is 0 Å². The Balaban J connectivity index is 2.24. The second-order valence-electron chi connectivity index (χ2n) is 8.32. The third-order valence-electron chi connectivity index (χ3n) is 5.47. The Bertz CT molecular complexity index is 931. The first-order valence-electron chi connectivity index (χ1n) is 9.64. The van der Waals surface area contributed by atoms with E-state index in [1.165, 1.54) is 7.11 Å². The number of phenols is 1. The summed E-state index contributed by atoms with van der Waals surface area (Å²) >= 11 is 3.35. The van der Waals surface area contributed by atoms with Gasteiger partial charge in [0.25, 0.3) is 0 Å². The maximum atomic E-state index is 13.2. The molecule has 0 bridgehead atoms. The molecule has 1 aliphatic carbocycles. The molecule has 1 aromatic rings. The molecule has 0 spiro atoms. The molecule has 2 aliphatic rings. The van der Waals surface area contributed by atoms with E-state index in [1.807, 2.05) is 13.8 Å². The molecule has 7 heteroatoms. The smallest absolute Gasteiger partial charge is 0.315 e. The molecule has 1 aromatic carbocycles. The Morgan fingerprint density at radius 3 is 2.66 bits per heavy atom. The van der Waals surface area contributed by atoms with Gasteiger partial charge in [-0.15, -0.1) is 0 Å². The summed E-state index contributed by atoms with van der Waals surface area (Å²) in [4.78, 5) is 30.7. The molecular weight excluding hydrogens is 438 g/mol. The van der Waals surface area contributed by atoms with Crippen LogP contribution >= 0.6 is 15.9 Å². The van der Waals surface area contributed by atoms with Crippen molar-refractivity contribution in [3.05, 3.63) is 33.4 Å². The first kappa shape index (κ1) is 21.6. The van der Waals surface area contributed by atoms with Crippen molar-refractivity contribution in [1.82, 2.24) is 0 Å². The van der Waals surface area contributed by atoms with Crippen LogP contribution in [0.15, 0.2) is 32.9 Å². The van der Waals surface area contributed by atoms with Gasteiger partial charge < -0.3 is 14.6 Å². The summed E-state index contributed by atoms with van der Waals surface area (Å²) < 4.78 is 11.1. The van der Waals surface area contributed by atoms with E-state index in [1.54, 1.807) is 26.0 Å². The second kappa shape index (κ2) is 7.94. The van der Waals surface area contributed by atoms with Gasteiger partial charge in [0.2, 0.25) is 0 Å². The minimum atomic E-state index is -0.708. The van der Waals surface area contributed by atoms with Crippen LogP contribution in [0.5, 0.6) is 11.5 Å². The number of allylic oxidation sites excluding steroid dienone is 2. The van der Waals surface area contributed by atoms with Crippen LogP contribution in [0.4, 0.5) is 0 Å². The van der Waals surface area contributed by atoms with E-state index in [0.717, 1.165) is 5.70 Å². The highest BCUT2D eigenvalue weighted by molar-refractivity contribution is 9.10. The molecule has 0 amide bonds. The van der Waals surface area contributed by atoms with Gasteiger partial charge in [0, 0.05) is 29.3 Å². The van der Waals surface area contributed by atoms with Crippen LogP contribution < -0.4 is 4.74 Å². The number of Topliss-reactive ketones (excluding diaryl/α,β-unsaturated/α-hetero) is 1. The summed E-state index contributed by atoms with van der Waals surface area (Å²) in [6.07, 6.45) is 1.05. The van der Waals surface area contributed by atoms with E-state index < -0.39 is 17.8 Å². The van der Waals surface area contributed by atoms with Crippen LogP contribution in [0, 0.1) is 11.3 Å². The van der Waals surface area contributed by atoms with Crippen molar-refractivity contribution in [2.24, 2.45) is 16.3 Å². The van der Waals surface area contributed by atoms with E-state index in [0.29, 0.717) is 34.2 Å². The van der Waals surface area contributed by atoms with Gasteiger partial charge >= 0.3 is 5.97 Å². The molecule has 2 atom stereocenters. The summed E-state index contributed by atoms with van der Waals surface area (Å²) in [5.41, 5.74) is 2.43. The first-order chi connectivity index (χ1) is 13.6. The number of methoxy groups -OCH3 is 1. The third kappa shape index (κ3) is 3.97. The molecule has 1 N–H and O–H groups in total. The lowest BCUT2D eigenvalue weighted by atomic mass is 9.67. The zero-order chi connectivity index (χ0) is 21.5. The zero-order valence-electron chi connectivity index (χ0n) is 17.3. The highest BCUT2D eigenvalue weighted by Crippen LogP contribution is 2.49. The van der Waals surface area contributed by atoms with Gasteiger partial charge in [-0.05, 0) is 59.3 Å². The number of ketones is 1. The van der Waals surface area contributed by atoms with Crippen molar-refractivity contribution in [2.75, 3.05) is 13.7 Å². The number of aromatic hydroxyl groups is 1. The Labute approximate surface area is 179 Å². The lowest BCUT2D eigenvalue weighted by molar-refractivity contribution is -0.146. The first-order valence-corrected chi connectivity index (χ1v) is 10.4. The van der Waals surface area contributed by atoms with Crippen molar-refractivity contribution in [1.29, 1.82) is 0 Å². The van der Waals surface area contributed by atoms with E-state index in [4.69, 9.17) is 9.47 Å². The summed E-state index contributed by atoms with van der Waals surface area (Å²) in [5.74, 6) is -1.43. The molecule has 6 nitrogen and oxygen atoms in total. The largest absolute Gasteiger partial charge is 0.503 e. The van der Waals surface area contributed by atoms with E-state index in [9.17, 15) is 14.7 Å². The molecule has 0 aromatic heterocycles. The average molecular weight is 464 g/mol. The number of carbonyl (C=O) groups is 2. The standard InChI is InChI=1S/C22H26BrNO5/c1-6-29-21(27)17-11(2)24-14-9-22(3,4)10-15(25)19(14)18(17)12-7-13(23)20(26)16(8-12)28-5/h7-8,17-18,26H,6,9-10H2,1-5H3/t17?,18-/m0/s1. The van der Waals surface area contributed by atoms with Gasteiger partial charge in [-0.2, -0.15) is 0 Å². The van der Waals surface area contributed by atoms with Crippen LogP contribution in [0.3, 0.4) is 0 Å². The number of phenolic OH excluding ortho intramolecular Hbond substituents is 1. The number of aliphatic imine (C=N–C) groups is 1. The number of carbonyl (C=O) groups excluding carboxylic acids is 2. The van der Waals surface area contributed by atoms with E-state index in [-0.39, 0.29) is 29.3 Å². The maximum absolute atomic E-state index is 13.2. The topological polar surface area (TPSA) is 85.2 Å². The highest BCUT2D eigenvalue weighted by Gasteiger charge is 2.46. The molecule has 0 radical (unpaired) electrons. The molecule has 29 heavy (non-hydrogen) atoms. The van der Waals surface area contributed by atoms with Crippen LogP contribution in [-0.2, 0) is 14.3 Å². The minimum absolute atomic E-state index is 0.00466. The van der Waals surface area contributed by atoms with E-state index >= 15 is 0 Å². The highest BCUT2D eigenvalue weighted by atomic mass is 79.9. The number of hydrogen-bond acceptors (Lipinski definition) is 6. The Morgan fingerprint density at radius 2 is 2.03 bits per heavy atom. The molecule has 1 unspecified atom stereocenters. The molecule has 0 saturated heterocycles. The number of halogens is 1. The number of nitrogens with zero attached hydrogens (tertiary/aromatic N) is 1. The molecule has 156 valence electrons. The van der Waals surface area contributed by atoms with Crippen molar-refractivity contribution in [2.45, 2.75) is 46.5 Å². The lowest BCUT2D eigenvalue weighted by Crippen LogP contribution is -2.39. The molecule has 1 aliphatic heterocycles. The quantitative estimate of drug-likeness (QED) is 0.662. The second-order valence-corrected chi connectivity index (χ2v) is 9.17. The fourth-order valence-corrected chi connectivity index (χ4v) is 4.73. The van der Waals surface area contributed by atoms with Crippen molar-refractivity contribution >= 4 is 33.4 Å². The Kier molecular flexibility index (Phi) is 5.90. The molecule has 0 fully saturated rings. The van der Waals surface area contributed by atoms with Gasteiger partial charge in [-0.25, -0.2) is 0 Å². The van der Waals surface area contributed by atoms with Crippen LogP contribution in [-0.4, -0.2) is 36.3 Å². The lowest BCUT2D eigenvalue weighted by Gasteiger charge is -2.39. The van der Waals surface area contributed by atoms with Gasteiger partial charge in [-0.3, -0.25) is 14.6 Å². The van der Waals surface area contributed by atoms with Crippen LogP contribution in [0.2, 0.25) is 0 Å². The monoisotopic (exact) mass is 463 g/mol. The Hall–Kier alpha value is -2.15. The predicted octanol–water partition coefficient (Wildman–Crippen LogP) is 4.54. The summed E-state index contributed by atoms with van der Waals surface area (Å²) in [5, 5.41) is 10.2. The average Bonchev–Trinajstić information content (AvgIpc) is 2.61. The summed E-state index contributed by atoms with van der Waals surface area (Å²) in [7, 11) is 1.46. The van der Waals surface area contributed by atoms with Gasteiger partial charge in [0.1, 0.15) is 5.92 Å². The van der Waals surface area contributed by atoms with E-state index in [2.05, 4.69) is 20.9 Å². The molecule has 3 rings (SSSR count). The molecular formula is C22H26BrNO5. The van der Waals surface area contributed by atoms with Crippen molar-refractivity contribution < 1.29 is 24.2 Å². The number of ether oxygens (including phenoxy) is 2. The van der Waals surface area contributed by atoms with Gasteiger partial charge in [0.15, 0.2) is 17.3 Å². The van der Waals surface area contributed by atoms with Crippen molar-refractivity contribution in [3.63, 3.8) is 0 Å².